The zero-order valence-electron chi connectivity index (χ0n) is 18.1. The predicted molar refractivity (Wildman–Crippen MR) is 116 cm³/mol. The van der Waals surface area contributed by atoms with E-state index < -0.39 is 10.0 Å². The SMILES string of the molecule is Cc1ccc(NC(=O)CCCN2C(=O)CN(C)C2=O)cc1S(=O)(=O)N1CCCCCC1. The number of nitrogens with zero attached hydrogens (tertiary/aromatic N) is 3. The van der Waals surface area contributed by atoms with Crippen molar-refractivity contribution in [3.05, 3.63) is 23.8 Å². The van der Waals surface area contributed by atoms with Gasteiger partial charge in [0.2, 0.25) is 21.8 Å². The normalized spacial score (nSPS) is 18.4. The Morgan fingerprint density at radius 3 is 2.39 bits per heavy atom. The van der Waals surface area contributed by atoms with Crippen LogP contribution in [0.15, 0.2) is 23.1 Å². The summed E-state index contributed by atoms with van der Waals surface area (Å²) in [7, 11) is -2.07. The second-order valence-corrected chi connectivity index (χ2v) is 10.0. The first kappa shape index (κ1) is 23.2. The quantitative estimate of drug-likeness (QED) is 0.641. The lowest BCUT2D eigenvalue weighted by atomic mass is 10.2. The van der Waals surface area contributed by atoms with Crippen LogP contribution in [0.1, 0.15) is 44.1 Å². The van der Waals surface area contributed by atoms with Crippen molar-refractivity contribution in [3.8, 4) is 0 Å². The summed E-state index contributed by atoms with van der Waals surface area (Å²) in [6, 6.07) is 4.53. The molecule has 9 nitrogen and oxygen atoms in total. The highest BCUT2D eigenvalue weighted by Gasteiger charge is 2.33. The van der Waals surface area contributed by atoms with Crippen LogP contribution in [0, 0.1) is 6.92 Å². The number of imide groups is 1. The van der Waals surface area contributed by atoms with Crippen molar-refractivity contribution >= 4 is 33.6 Å². The molecule has 3 rings (SSSR count). The number of likely N-dealkylation sites (N-methyl/N-ethyl adjacent to an activating group) is 1. The van der Waals surface area contributed by atoms with Crippen LogP contribution in [0.25, 0.3) is 0 Å². The number of rotatable bonds is 7. The summed E-state index contributed by atoms with van der Waals surface area (Å²) < 4.78 is 27.8. The number of aryl methyl sites for hydroxylation is 1. The molecule has 0 radical (unpaired) electrons. The van der Waals surface area contributed by atoms with Crippen molar-refractivity contribution in [3.63, 3.8) is 0 Å². The van der Waals surface area contributed by atoms with Crippen LogP contribution in [0.2, 0.25) is 0 Å². The van der Waals surface area contributed by atoms with Crippen LogP contribution in [0.5, 0.6) is 0 Å². The van der Waals surface area contributed by atoms with Crippen LogP contribution in [0.4, 0.5) is 10.5 Å². The molecule has 170 valence electrons. The average molecular weight is 451 g/mol. The second-order valence-electron chi connectivity index (χ2n) is 8.13. The lowest BCUT2D eigenvalue weighted by molar-refractivity contribution is -0.125. The topological polar surface area (TPSA) is 107 Å². The van der Waals surface area contributed by atoms with Gasteiger partial charge in [0.1, 0.15) is 6.54 Å². The monoisotopic (exact) mass is 450 g/mol. The maximum atomic E-state index is 13.1. The Labute approximate surface area is 183 Å². The van der Waals surface area contributed by atoms with E-state index in [1.807, 2.05) is 0 Å². The summed E-state index contributed by atoms with van der Waals surface area (Å²) in [5.41, 5.74) is 1.05. The molecule has 0 unspecified atom stereocenters. The lowest BCUT2D eigenvalue weighted by Crippen LogP contribution is -2.33. The van der Waals surface area contributed by atoms with Gasteiger partial charge in [-0.25, -0.2) is 13.2 Å². The van der Waals surface area contributed by atoms with Gasteiger partial charge in [-0.05, 0) is 43.9 Å². The summed E-state index contributed by atoms with van der Waals surface area (Å²) in [6.07, 6.45) is 4.22. The molecule has 0 spiro atoms. The molecule has 1 aromatic carbocycles. The number of anilines is 1. The van der Waals surface area contributed by atoms with E-state index in [-0.39, 0.29) is 42.3 Å². The van der Waals surface area contributed by atoms with Gasteiger partial charge in [-0.3, -0.25) is 14.5 Å². The number of benzene rings is 1. The van der Waals surface area contributed by atoms with E-state index in [2.05, 4.69) is 5.32 Å². The maximum absolute atomic E-state index is 13.1. The van der Waals surface area contributed by atoms with E-state index in [1.54, 1.807) is 26.1 Å². The number of nitrogens with one attached hydrogen (secondary N) is 1. The van der Waals surface area contributed by atoms with E-state index >= 15 is 0 Å². The minimum Gasteiger partial charge on any atom is -0.326 e. The van der Waals surface area contributed by atoms with Gasteiger partial charge in [0.15, 0.2) is 0 Å². The first-order chi connectivity index (χ1) is 14.7. The molecule has 0 saturated carbocycles. The summed E-state index contributed by atoms with van der Waals surface area (Å²) >= 11 is 0. The third-order valence-corrected chi connectivity index (χ3v) is 7.71. The summed E-state index contributed by atoms with van der Waals surface area (Å²) in [5.74, 6) is -0.566. The summed E-state index contributed by atoms with van der Waals surface area (Å²) in [6.45, 7) is 3.01. The van der Waals surface area contributed by atoms with Crippen LogP contribution >= 0.6 is 0 Å². The van der Waals surface area contributed by atoms with Gasteiger partial charge >= 0.3 is 6.03 Å². The van der Waals surface area contributed by atoms with Crippen LogP contribution < -0.4 is 5.32 Å². The first-order valence-electron chi connectivity index (χ1n) is 10.7. The standard InChI is InChI=1S/C21H30N4O5S/c1-16-9-10-17(14-18(16)31(29,30)24-11-5-3-4-6-12-24)22-19(26)8-7-13-25-20(27)15-23(2)21(25)28/h9-10,14H,3-8,11-13,15H2,1-2H3,(H,22,26). The molecule has 0 bridgehead atoms. The van der Waals surface area contributed by atoms with Gasteiger partial charge in [-0.2, -0.15) is 4.31 Å². The first-order valence-corrected chi connectivity index (χ1v) is 12.1. The van der Waals surface area contributed by atoms with Crippen molar-refractivity contribution in [1.82, 2.24) is 14.1 Å². The van der Waals surface area contributed by atoms with Crippen LogP contribution in [-0.4, -0.2) is 73.6 Å². The van der Waals surface area contributed by atoms with Crippen LogP contribution in [0.3, 0.4) is 0 Å². The number of urea groups is 1. The zero-order valence-corrected chi connectivity index (χ0v) is 18.9. The molecule has 1 N–H and O–H groups in total. The fourth-order valence-electron chi connectivity index (χ4n) is 3.89. The Kier molecular flexibility index (Phi) is 7.32. The van der Waals surface area contributed by atoms with E-state index in [9.17, 15) is 22.8 Å². The Bertz CT molecular complexity index is 955. The Morgan fingerprint density at radius 2 is 1.77 bits per heavy atom. The van der Waals surface area contributed by atoms with Gasteiger partial charge < -0.3 is 10.2 Å². The smallest absolute Gasteiger partial charge is 0.326 e. The van der Waals surface area contributed by atoms with E-state index in [4.69, 9.17) is 0 Å². The number of hydrogen-bond donors (Lipinski definition) is 1. The minimum absolute atomic E-state index is 0.0582. The van der Waals surface area contributed by atoms with Gasteiger partial charge in [0.25, 0.3) is 0 Å². The third-order valence-electron chi connectivity index (χ3n) is 5.67. The number of carbonyl (C=O) groups is 3. The zero-order chi connectivity index (χ0) is 22.6. The maximum Gasteiger partial charge on any atom is 0.326 e. The molecular weight excluding hydrogens is 420 g/mol. The number of hydrogen-bond acceptors (Lipinski definition) is 5. The molecule has 0 aliphatic carbocycles. The van der Waals surface area contributed by atoms with Crippen molar-refractivity contribution in [2.75, 3.05) is 38.5 Å². The minimum atomic E-state index is -3.62. The largest absolute Gasteiger partial charge is 0.326 e. The summed E-state index contributed by atoms with van der Waals surface area (Å²) in [5, 5.41) is 2.73. The van der Waals surface area contributed by atoms with Crippen molar-refractivity contribution in [2.24, 2.45) is 0 Å². The van der Waals surface area contributed by atoms with Crippen molar-refractivity contribution < 1.29 is 22.8 Å². The van der Waals surface area contributed by atoms with E-state index in [0.29, 0.717) is 30.8 Å². The summed E-state index contributed by atoms with van der Waals surface area (Å²) in [4.78, 5) is 38.7. The van der Waals surface area contributed by atoms with Gasteiger partial charge in [0, 0.05) is 38.8 Å². The third kappa shape index (κ3) is 5.43. The van der Waals surface area contributed by atoms with E-state index in [0.717, 1.165) is 30.6 Å². The van der Waals surface area contributed by atoms with Gasteiger partial charge in [-0.1, -0.05) is 18.9 Å². The Balaban J connectivity index is 1.61. The van der Waals surface area contributed by atoms with Gasteiger partial charge in [0.05, 0.1) is 4.90 Å². The molecule has 2 heterocycles. The molecular formula is C21H30N4O5S. The highest BCUT2D eigenvalue weighted by atomic mass is 32.2. The molecule has 2 saturated heterocycles. The molecule has 10 heteroatoms. The Hall–Kier alpha value is -2.46. The molecule has 2 aliphatic rings. The highest BCUT2D eigenvalue weighted by molar-refractivity contribution is 7.89. The predicted octanol–water partition coefficient (Wildman–Crippen LogP) is 2.17. The number of sulfonamides is 1. The molecule has 0 aromatic heterocycles. The number of carbonyl (C=O) groups excluding carboxylic acids is 3. The second kappa shape index (κ2) is 9.78. The molecule has 1 aromatic rings. The fraction of sp³-hybridized carbons (Fsp3) is 0.571. The molecule has 2 aliphatic heterocycles. The average Bonchev–Trinajstić information content (AvgIpc) is 2.92. The number of amides is 4. The fourth-order valence-corrected chi connectivity index (χ4v) is 5.65. The van der Waals surface area contributed by atoms with Crippen LogP contribution in [-0.2, 0) is 19.6 Å². The molecule has 2 fully saturated rings. The van der Waals surface area contributed by atoms with E-state index in [1.165, 1.54) is 15.3 Å². The van der Waals surface area contributed by atoms with Gasteiger partial charge in [-0.15, -0.1) is 0 Å². The molecule has 0 atom stereocenters. The van der Waals surface area contributed by atoms with Crippen molar-refractivity contribution in [1.29, 1.82) is 0 Å². The molecule has 4 amide bonds. The molecule has 31 heavy (non-hydrogen) atoms. The van der Waals surface area contributed by atoms with Crippen molar-refractivity contribution in [2.45, 2.75) is 50.3 Å². The lowest BCUT2D eigenvalue weighted by Gasteiger charge is -2.21. The Morgan fingerprint density at radius 1 is 1.10 bits per heavy atom. The highest BCUT2D eigenvalue weighted by Crippen LogP contribution is 2.26.